The summed E-state index contributed by atoms with van der Waals surface area (Å²) in [5, 5.41) is 2.72. The standard InChI is InChI=1S/C26H26AsN3O7/c1-16(31)28-18-14-12-17(13-15-18)27(34-21-10-6-8-19(23(21)36-27)25(32)29(2)3)35-22-11-7-9-20(24(22)37-27)26(33)30(4)5/h6-15H,1-5H3,(H,28,31). The van der Waals surface area contributed by atoms with Gasteiger partial charge in [0.25, 0.3) is 0 Å². The molecule has 1 N–H and O–H groups in total. The number of hydrogen-bond donors (Lipinski definition) is 1. The summed E-state index contributed by atoms with van der Waals surface area (Å²) in [6.07, 6.45) is 0. The molecule has 37 heavy (non-hydrogen) atoms. The van der Waals surface area contributed by atoms with E-state index in [4.69, 9.17) is 14.9 Å². The van der Waals surface area contributed by atoms with Crippen molar-refractivity contribution in [3.05, 3.63) is 71.8 Å². The molecule has 2 aliphatic rings. The van der Waals surface area contributed by atoms with Gasteiger partial charge >= 0.3 is 216 Å². The van der Waals surface area contributed by atoms with Crippen LogP contribution in [0.25, 0.3) is 0 Å². The molecule has 0 saturated heterocycles. The van der Waals surface area contributed by atoms with Crippen molar-refractivity contribution < 1.29 is 29.3 Å². The number of hydrogen-bond acceptors (Lipinski definition) is 7. The van der Waals surface area contributed by atoms with Gasteiger partial charge in [0.1, 0.15) is 0 Å². The third-order valence-corrected chi connectivity index (χ3v) is 12.5. The van der Waals surface area contributed by atoms with Crippen molar-refractivity contribution in [3.63, 3.8) is 0 Å². The van der Waals surface area contributed by atoms with E-state index >= 15 is 0 Å². The molecule has 3 aromatic rings. The maximum atomic E-state index is 13.0. The molecule has 3 amide bonds. The molecule has 0 fully saturated rings. The minimum atomic E-state index is -5.51. The molecule has 0 saturated carbocycles. The zero-order valence-electron chi connectivity index (χ0n) is 21.0. The van der Waals surface area contributed by atoms with Crippen LogP contribution in [0.4, 0.5) is 5.69 Å². The number of carbonyl (C=O) groups excluding carboxylic acids is 3. The number of nitrogens with one attached hydrogen (secondary N) is 1. The number of para-hydroxylation sites is 2. The van der Waals surface area contributed by atoms with Crippen LogP contribution in [0, 0.1) is 0 Å². The van der Waals surface area contributed by atoms with Crippen molar-refractivity contribution in [3.8, 4) is 23.0 Å². The first-order valence-corrected chi connectivity index (χ1v) is 15.4. The normalized spacial score (nSPS) is 16.4. The van der Waals surface area contributed by atoms with Crippen LogP contribution < -0.4 is 24.6 Å². The fourth-order valence-corrected chi connectivity index (χ4v) is 11.0. The van der Waals surface area contributed by atoms with E-state index in [1.807, 2.05) is 0 Å². The molecule has 0 unspecified atom stereocenters. The van der Waals surface area contributed by atoms with Crippen LogP contribution >= 0.6 is 0 Å². The summed E-state index contributed by atoms with van der Waals surface area (Å²) in [5.74, 6) is 0.192. The predicted octanol–water partition coefficient (Wildman–Crippen LogP) is 2.59. The van der Waals surface area contributed by atoms with E-state index in [9.17, 15) is 14.4 Å². The molecule has 0 radical (unpaired) electrons. The summed E-state index contributed by atoms with van der Waals surface area (Å²) < 4.78 is 26.7. The van der Waals surface area contributed by atoms with E-state index in [1.165, 1.54) is 16.7 Å². The summed E-state index contributed by atoms with van der Waals surface area (Å²) in [6.45, 7) is 1.41. The number of rotatable bonds is 4. The Morgan fingerprint density at radius 3 is 1.54 bits per heavy atom. The Kier molecular flexibility index (Phi) is 5.60. The first-order valence-electron chi connectivity index (χ1n) is 11.4. The monoisotopic (exact) mass is 567 g/mol. The Bertz CT molecular complexity index is 1370. The number of fused-ring (bicyclic) bond motifs is 2. The summed E-state index contributed by atoms with van der Waals surface area (Å²) in [4.78, 5) is 40.4. The number of amides is 3. The number of benzene rings is 3. The van der Waals surface area contributed by atoms with E-state index < -0.39 is 13.8 Å². The summed E-state index contributed by atoms with van der Waals surface area (Å²) in [7, 11) is 6.56. The second-order valence-electron chi connectivity index (χ2n) is 9.07. The van der Waals surface area contributed by atoms with E-state index in [-0.39, 0.29) is 51.8 Å². The van der Waals surface area contributed by atoms with Crippen LogP contribution in [0.1, 0.15) is 27.6 Å². The Labute approximate surface area is 215 Å². The molecule has 0 aliphatic carbocycles. The van der Waals surface area contributed by atoms with Crippen molar-refractivity contribution in [2.24, 2.45) is 0 Å². The predicted molar refractivity (Wildman–Crippen MR) is 138 cm³/mol. The number of nitrogens with zero attached hydrogens (tertiary/aromatic N) is 2. The van der Waals surface area contributed by atoms with Crippen LogP contribution in [0.5, 0.6) is 23.0 Å². The Balaban J connectivity index is 1.69. The fourth-order valence-electron chi connectivity index (χ4n) is 4.15. The third kappa shape index (κ3) is 3.84. The van der Waals surface area contributed by atoms with Crippen molar-refractivity contribution in [2.45, 2.75) is 6.92 Å². The van der Waals surface area contributed by atoms with Crippen LogP contribution in [-0.2, 0) is 4.79 Å². The van der Waals surface area contributed by atoms with Crippen molar-refractivity contribution in [1.82, 2.24) is 9.80 Å². The molecule has 11 heteroatoms. The molecule has 192 valence electrons. The zero-order chi connectivity index (χ0) is 26.6. The van der Waals surface area contributed by atoms with Gasteiger partial charge in [-0.3, -0.25) is 0 Å². The molecule has 5 rings (SSSR count). The third-order valence-electron chi connectivity index (χ3n) is 5.85. The molecular weight excluding hydrogens is 541 g/mol. The maximum absolute atomic E-state index is 13.0. The summed E-state index contributed by atoms with van der Waals surface area (Å²) in [6, 6.07) is 16.8. The van der Waals surface area contributed by atoms with Gasteiger partial charge < -0.3 is 0 Å². The van der Waals surface area contributed by atoms with Gasteiger partial charge in [-0.2, -0.15) is 0 Å². The average molecular weight is 567 g/mol. The Morgan fingerprint density at radius 1 is 0.676 bits per heavy atom. The molecule has 0 aromatic heterocycles. The van der Waals surface area contributed by atoms with Gasteiger partial charge in [0, 0.05) is 0 Å². The van der Waals surface area contributed by atoms with E-state index in [0.717, 1.165) is 0 Å². The quantitative estimate of drug-likeness (QED) is 0.484. The van der Waals surface area contributed by atoms with Gasteiger partial charge in [-0.15, -0.1) is 0 Å². The van der Waals surface area contributed by atoms with E-state index in [0.29, 0.717) is 10.0 Å². The second-order valence-corrected chi connectivity index (χ2v) is 15.1. The SMILES string of the molecule is CC(=O)Nc1ccc([As]23(Oc4cccc(C(=O)N(C)C)c4O2)Oc2cccc(C(=O)N(C)C)c2O3)cc1. The first kappa shape index (κ1) is 24.5. The van der Waals surface area contributed by atoms with Gasteiger partial charge in [-0.05, 0) is 0 Å². The Hall–Kier alpha value is -4.17. The van der Waals surface area contributed by atoms with Crippen LogP contribution in [0.3, 0.4) is 0 Å². The topological polar surface area (TPSA) is 107 Å². The minimum absolute atomic E-state index is 0.200. The molecule has 0 atom stereocenters. The van der Waals surface area contributed by atoms with Gasteiger partial charge in [-0.25, -0.2) is 0 Å². The van der Waals surface area contributed by atoms with Gasteiger partial charge in [0.15, 0.2) is 0 Å². The number of anilines is 1. The van der Waals surface area contributed by atoms with E-state index in [2.05, 4.69) is 5.32 Å². The van der Waals surface area contributed by atoms with Gasteiger partial charge in [0.2, 0.25) is 0 Å². The van der Waals surface area contributed by atoms with Crippen LogP contribution in [0.2, 0.25) is 0 Å². The molecule has 10 nitrogen and oxygen atoms in total. The fraction of sp³-hybridized carbons (Fsp3) is 0.192. The van der Waals surface area contributed by atoms with Crippen molar-refractivity contribution in [2.75, 3.05) is 33.5 Å². The first-order chi connectivity index (χ1) is 17.5. The van der Waals surface area contributed by atoms with Crippen LogP contribution in [0.15, 0.2) is 60.7 Å². The molecule has 3 aromatic carbocycles. The molecule has 2 heterocycles. The molecule has 1 spiro atoms. The van der Waals surface area contributed by atoms with Gasteiger partial charge in [0.05, 0.1) is 0 Å². The van der Waals surface area contributed by atoms with E-state index in [1.54, 1.807) is 88.9 Å². The average Bonchev–Trinajstić information content (AvgIpc) is 3.37. The Morgan fingerprint density at radius 2 is 1.14 bits per heavy atom. The molecule has 2 aliphatic heterocycles. The van der Waals surface area contributed by atoms with Gasteiger partial charge in [-0.1, -0.05) is 0 Å². The van der Waals surface area contributed by atoms with Crippen molar-refractivity contribution >= 4 is 41.6 Å². The van der Waals surface area contributed by atoms with Crippen molar-refractivity contribution in [1.29, 1.82) is 0 Å². The zero-order valence-corrected chi connectivity index (χ0v) is 22.8. The second kappa shape index (κ2) is 8.45. The van der Waals surface area contributed by atoms with Crippen LogP contribution in [-0.4, -0.2) is 69.5 Å². The molecular formula is C26H26AsN3O7. The molecule has 0 bridgehead atoms. The summed E-state index contributed by atoms with van der Waals surface area (Å²) in [5.41, 5.74) is 1.12. The summed E-state index contributed by atoms with van der Waals surface area (Å²) >= 11 is -5.51. The number of carbonyl (C=O) groups is 3.